The van der Waals surface area contributed by atoms with Crippen molar-refractivity contribution in [1.82, 2.24) is 4.98 Å². The average Bonchev–Trinajstić information content (AvgIpc) is 2.47. The first-order chi connectivity index (χ1) is 10.0. The van der Waals surface area contributed by atoms with Crippen molar-refractivity contribution in [3.05, 3.63) is 47.8 Å². The van der Waals surface area contributed by atoms with Gasteiger partial charge in [-0.25, -0.2) is 9.78 Å². The number of rotatable bonds is 4. The highest BCUT2D eigenvalue weighted by Gasteiger charge is 2.14. The predicted molar refractivity (Wildman–Crippen MR) is 77.3 cm³/mol. The molecule has 108 valence electrons. The molecule has 0 fully saturated rings. The summed E-state index contributed by atoms with van der Waals surface area (Å²) in [5.41, 5.74) is 1.72. The van der Waals surface area contributed by atoms with E-state index < -0.39 is 5.97 Å². The second-order valence-electron chi connectivity index (χ2n) is 4.45. The summed E-state index contributed by atoms with van der Waals surface area (Å²) < 4.78 is 4.92. The van der Waals surface area contributed by atoms with Crippen molar-refractivity contribution in [3.8, 4) is 16.9 Å². The van der Waals surface area contributed by atoms with E-state index in [1.807, 2.05) is 0 Å². The zero-order chi connectivity index (χ0) is 15.4. The van der Waals surface area contributed by atoms with E-state index in [1.165, 1.54) is 19.1 Å². The Bertz CT molecular complexity index is 677. The number of carbonyl (C=O) groups excluding carboxylic acids is 2. The van der Waals surface area contributed by atoms with Crippen LogP contribution in [0, 0.1) is 0 Å². The molecule has 0 spiro atoms. The van der Waals surface area contributed by atoms with Gasteiger partial charge in [-0.3, -0.25) is 4.79 Å². The van der Waals surface area contributed by atoms with Crippen LogP contribution in [0.2, 0.25) is 0 Å². The Kier molecular flexibility index (Phi) is 4.33. The number of nitrogens with zero attached hydrogens (tertiary/aromatic N) is 1. The van der Waals surface area contributed by atoms with Gasteiger partial charge in [-0.15, -0.1) is 0 Å². The summed E-state index contributed by atoms with van der Waals surface area (Å²) in [6, 6.07) is 9.64. The molecule has 5 heteroatoms. The summed E-state index contributed by atoms with van der Waals surface area (Å²) in [4.78, 5) is 27.4. The van der Waals surface area contributed by atoms with Gasteiger partial charge in [0.1, 0.15) is 17.1 Å². The summed E-state index contributed by atoms with van der Waals surface area (Å²) in [6.07, 6.45) is 0. The number of carbonyl (C=O) groups is 2. The molecule has 0 bridgehead atoms. The van der Waals surface area contributed by atoms with Crippen LogP contribution in [0.4, 0.5) is 0 Å². The number of ketones is 1. The third-order valence-electron chi connectivity index (χ3n) is 2.87. The Morgan fingerprint density at radius 1 is 1.10 bits per heavy atom. The fraction of sp³-hybridized carbons (Fsp3) is 0.188. The van der Waals surface area contributed by atoms with Crippen LogP contribution in [-0.2, 0) is 4.74 Å². The minimum absolute atomic E-state index is 0.0904. The van der Waals surface area contributed by atoms with Crippen molar-refractivity contribution in [2.75, 3.05) is 6.61 Å². The van der Waals surface area contributed by atoms with Crippen LogP contribution in [0.5, 0.6) is 5.75 Å². The van der Waals surface area contributed by atoms with Crippen LogP contribution in [0.3, 0.4) is 0 Å². The minimum Gasteiger partial charge on any atom is -0.508 e. The normalized spacial score (nSPS) is 10.2. The number of ether oxygens (including phenoxy) is 1. The van der Waals surface area contributed by atoms with Gasteiger partial charge in [-0.1, -0.05) is 12.1 Å². The van der Waals surface area contributed by atoms with Crippen molar-refractivity contribution < 1.29 is 19.4 Å². The zero-order valence-corrected chi connectivity index (χ0v) is 11.8. The van der Waals surface area contributed by atoms with Gasteiger partial charge in [-0.2, -0.15) is 0 Å². The lowest BCUT2D eigenvalue weighted by atomic mass is 10.0. The van der Waals surface area contributed by atoms with Crippen molar-refractivity contribution in [2.24, 2.45) is 0 Å². The fourth-order valence-electron chi connectivity index (χ4n) is 1.84. The van der Waals surface area contributed by atoms with Crippen molar-refractivity contribution >= 4 is 11.8 Å². The highest BCUT2D eigenvalue weighted by Crippen LogP contribution is 2.23. The number of hydrogen-bond acceptors (Lipinski definition) is 5. The molecule has 1 heterocycles. The Balaban J connectivity index is 2.52. The van der Waals surface area contributed by atoms with E-state index in [9.17, 15) is 14.7 Å². The van der Waals surface area contributed by atoms with Crippen LogP contribution < -0.4 is 0 Å². The second-order valence-corrected chi connectivity index (χ2v) is 4.45. The van der Waals surface area contributed by atoms with Gasteiger partial charge in [0.15, 0.2) is 5.78 Å². The first kappa shape index (κ1) is 14.7. The summed E-state index contributed by atoms with van der Waals surface area (Å²) in [5, 5.41) is 9.32. The summed E-state index contributed by atoms with van der Waals surface area (Å²) in [5.74, 6) is -0.660. The smallest absolute Gasteiger partial charge is 0.356 e. The number of aromatic nitrogens is 1. The summed E-state index contributed by atoms with van der Waals surface area (Å²) in [7, 11) is 0. The molecular formula is C16H15NO4. The molecule has 2 rings (SSSR count). The number of benzene rings is 1. The van der Waals surface area contributed by atoms with Gasteiger partial charge in [0.25, 0.3) is 0 Å². The lowest BCUT2D eigenvalue weighted by Gasteiger charge is -2.07. The van der Waals surface area contributed by atoms with Crippen molar-refractivity contribution in [3.63, 3.8) is 0 Å². The molecule has 1 aromatic carbocycles. The zero-order valence-electron chi connectivity index (χ0n) is 11.8. The summed E-state index contributed by atoms with van der Waals surface area (Å²) >= 11 is 0. The molecule has 21 heavy (non-hydrogen) atoms. The maximum Gasteiger partial charge on any atom is 0.356 e. The van der Waals surface area contributed by atoms with E-state index in [2.05, 4.69) is 4.98 Å². The van der Waals surface area contributed by atoms with Gasteiger partial charge in [0, 0.05) is 6.92 Å². The molecule has 0 saturated carbocycles. The number of phenolic OH excluding ortho intramolecular Hbond substituents is 1. The summed E-state index contributed by atoms with van der Waals surface area (Å²) in [6.45, 7) is 3.32. The van der Waals surface area contributed by atoms with E-state index in [1.54, 1.807) is 31.2 Å². The van der Waals surface area contributed by atoms with Crippen LogP contribution in [-0.4, -0.2) is 28.4 Å². The Hall–Kier alpha value is -2.69. The van der Waals surface area contributed by atoms with Gasteiger partial charge in [0.05, 0.1) is 6.61 Å². The Morgan fingerprint density at radius 2 is 1.71 bits per heavy atom. The molecule has 0 saturated heterocycles. The third-order valence-corrected chi connectivity index (χ3v) is 2.87. The standard InChI is InChI=1S/C16H15NO4/c1-3-21-16(20)15-9-12(8-14(17-15)10(2)18)11-4-6-13(19)7-5-11/h4-9,19H,3H2,1-2H3. The topological polar surface area (TPSA) is 76.5 Å². The van der Waals surface area contributed by atoms with E-state index in [4.69, 9.17) is 4.74 Å². The van der Waals surface area contributed by atoms with Gasteiger partial charge >= 0.3 is 5.97 Å². The molecule has 0 amide bonds. The number of hydrogen-bond donors (Lipinski definition) is 1. The van der Waals surface area contributed by atoms with Crippen LogP contribution in [0.25, 0.3) is 11.1 Å². The molecule has 5 nitrogen and oxygen atoms in total. The van der Waals surface area contributed by atoms with Crippen LogP contribution in [0.1, 0.15) is 34.8 Å². The lowest BCUT2D eigenvalue weighted by molar-refractivity contribution is 0.0519. The number of esters is 1. The number of pyridine rings is 1. The number of Topliss-reactive ketones (excluding diaryl/α,β-unsaturated/α-hetero) is 1. The first-order valence-corrected chi connectivity index (χ1v) is 6.51. The Morgan fingerprint density at radius 3 is 2.29 bits per heavy atom. The highest BCUT2D eigenvalue weighted by atomic mass is 16.5. The van der Waals surface area contributed by atoms with Crippen LogP contribution in [0.15, 0.2) is 36.4 Å². The molecule has 0 radical (unpaired) electrons. The average molecular weight is 285 g/mol. The number of phenols is 1. The van der Waals surface area contributed by atoms with E-state index >= 15 is 0 Å². The molecule has 0 atom stereocenters. The Labute approximate surface area is 122 Å². The van der Waals surface area contributed by atoms with E-state index in [0.29, 0.717) is 5.56 Å². The monoisotopic (exact) mass is 285 g/mol. The van der Waals surface area contributed by atoms with E-state index in [-0.39, 0.29) is 29.5 Å². The molecule has 0 aliphatic rings. The molecule has 1 aromatic heterocycles. The molecular weight excluding hydrogens is 270 g/mol. The van der Waals surface area contributed by atoms with E-state index in [0.717, 1.165) is 5.56 Å². The maximum atomic E-state index is 11.8. The SMILES string of the molecule is CCOC(=O)c1cc(-c2ccc(O)cc2)cc(C(C)=O)n1. The second kappa shape index (κ2) is 6.17. The molecule has 2 aromatic rings. The quantitative estimate of drug-likeness (QED) is 0.690. The predicted octanol–water partition coefficient (Wildman–Crippen LogP) is 2.83. The van der Waals surface area contributed by atoms with Crippen molar-refractivity contribution in [2.45, 2.75) is 13.8 Å². The third kappa shape index (κ3) is 3.45. The molecule has 0 unspecified atom stereocenters. The van der Waals surface area contributed by atoms with Gasteiger partial charge < -0.3 is 9.84 Å². The fourth-order valence-corrected chi connectivity index (χ4v) is 1.84. The van der Waals surface area contributed by atoms with Crippen LogP contribution >= 0.6 is 0 Å². The maximum absolute atomic E-state index is 11.8. The molecule has 0 aliphatic carbocycles. The highest BCUT2D eigenvalue weighted by molar-refractivity contribution is 5.96. The lowest BCUT2D eigenvalue weighted by Crippen LogP contribution is -2.10. The first-order valence-electron chi connectivity index (χ1n) is 6.51. The van der Waals surface area contributed by atoms with Gasteiger partial charge in [-0.05, 0) is 42.3 Å². The van der Waals surface area contributed by atoms with Gasteiger partial charge in [0.2, 0.25) is 0 Å². The largest absolute Gasteiger partial charge is 0.508 e. The number of aromatic hydroxyl groups is 1. The molecule has 0 aliphatic heterocycles. The van der Waals surface area contributed by atoms with Crippen molar-refractivity contribution in [1.29, 1.82) is 0 Å². The minimum atomic E-state index is -0.569. The molecule has 1 N–H and O–H groups in total.